The second kappa shape index (κ2) is 9.54. The Kier molecular flexibility index (Phi) is 6.54. The fourth-order valence-corrected chi connectivity index (χ4v) is 3.69. The highest BCUT2D eigenvalue weighted by atomic mass is 16.2. The van der Waals surface area contributed by atoms with Gasteiger partial charge in [0.2, 0.25) is 11.6 Å². The molecule has 1 amide bonds. The second-order valence-corrected chi connectivity index (χ2v) is 9.85. The largest absolute Gasteiger partial charge is 0.347 e. The van der Waals surface area contributed by atoms with Gasteiger partial charge in [-0.15, -0.1) is 15.3 Å². The number of aromatic nitrogens is 7. The molecule has 2 aromatic carbocycles. The molecule has 0 aliphatic rings. The van der Waals surface area contributed by atoms with Crippen LogP contribution in [0.4, 0.5) is 0 Å². The highest BCUT2D eigenvalue weighted by Gasteiger charge is 2.21. The summed E-state index contributed by atoms with van der Waals surface area (Å²) in [5.41, 5.74) is 4.07. The van der Waals surface area contributed by atoms with Crippen LogP contribution in [0, 0.1) is 5.41 Å². The number of aromatic amines is 1. The molecule has 9 heteroatoms. The van der Waals surface area contributed by atoms with Gasteiger partial charge in [0.25, 0.3) is 5.91 Å². The first kappa shape index (κ1) is 23.3. The summed E-state index contributed by atoms with van der Waals surface area (Å²) in [7, 11) is 0. The molecule has 9 nitrogen and oxygen atoms in total. The Morgan fingerprint density at radius 1 is 1.06 bits per heavy atom. The molecule has 0 bridgehead atoms. The van der Waals surface area contributed by atoms with E-state index in [0.717, 1.165) is 28.1 Å². The van der Waals surface area contributed by atoms with Crippen molar-refractivity contribution in [1.29, 1.82) is 0 Å². The number of rotatable bonds is 7. The van der Waals surface area contributed by atoms with E-state index < -0.39 is 0 Å². The van der Waals surface area contributed by atoms with Gasteiger partial charge in [-0.1, -0.05) is 69.3 Å². The summed E-state index contributed by atoms with van der Waals surface area (Å²) in [6.07, 6.45) is 0.574. The minimum atomic E-state index is -0.252. The zero-order valence-corrected chi connectivity index (χ0v) is 20.2. The van der Waals surface area contributed by atoms with E-state index in [1.807, 2.05) is 42.8 Å². The SMILES string of the molecule is CC(C)NC(=O)c1nc(Cc2ccc(-c3ccccc3-c3nn[nH]n3)cc2)n(CC(C)(C)C)n1. The molecular weight excluding hydrogens is 428 g/mol. The number of nitrogens with zero attached hydrogens (tertiary/aromatic N) is 6. The normalized spacial score (nSPS) is 11.7. The van der Waals surface area contributed by atoms with E-state index in [4.69, 9.17) is 0 Å². The van der Waals surface area contributed by atoms with E-state index >= 15 is 0 Å². The maximum absolute atomic E-state index is 12.5. The predicted molar refractivity (Wildman–Crippen MR) is 130 cm³/mol. The topological polar surface area (TPSA) is 114 Å². The molecule has 0 spiro atoms. The van der Waals surface area contributed by atoms with Crippen LogP contribution in [0.15, 0.2) is 48.5 Å². The molecule has 176 valence electrons. The zero-order valence-electron chi connectivity index (χ0n) is 20.2. The lowest BCUT2D eigenvalue weighted by atomic mass is 9.96. The zero-order chi connectivity index (χ0) is 24.3. The molecule has 34 heavy (non-hydrogen) atoms. The highest BCUT2D eigenvalue weighted by Crippen LogP contribution is 2.30. The van der Waals surface area contributed by atoms with Gasteiger partial charge in [-0.25, -0.2) is 9.67 Å². The van der Waals surface area contributed by atoms with Gasteiger partial charge in [0.1, 0.15) is 5.82 Å². The first-order chi connectivity index (χ1) is 16.2. The van der Waals surface area contributed by atoms with Crippen LogP contribution in [0.1, 0.15) is 56.6 Å². The van der Waals surface area contributed by atoms with Gasteiger partial charge in [0.15, 0.2) is 0 Å². The van der Waals surface area contributed by atoms with Crippen molar-refractivity contribution in [2.75, 3.05) is 0 Å². The molecule has 0 saturated heterocycles. The molecule has 0 aliphatic carbocycles. The Hall–Kier alpha value is -3.88. The third-order valence-corrected chi connectivity index (χ3v) is 5.14. The summed E-state index contributed by atoms with van der Waals surface area (Å²) in [6.45, 7) is 10.9. The van der Waals surface area contributed by atoms with Crippen LogP contribution in [0.2, 0.25) is 0 Å². The molecule has 0 saturated carbocycles. The first-order valence-electron chi connectivity index (χ1n) is 11.4. The molecule has 0 radical (unpaired) electrons. The number of benzene rings is 2. The molecule has 2 heterocycles. The molecule has 0 unspecified atom stereocenters. The fourth-order valence-electron chi connectivity index (χ4n) is 3.69. The maximum atomic E-state index is 12.5. The molecular formula is C25H30N8O. The summed E-state index contributed by atoms with van der Waals surface area (Å²) in [4.78, 5) is 17.1. The van der Waals surface area contributed by atoms with Crippen molar-refractivity contribution >= 4 is 5.91 Å². The van der Waals surface area contributed by atoms with E-state index in [1.54, 1.807) is 0 Å². The standard InChI is InChI=1S/C25H30N8O/c1-16(2)26-24(34)23-27-21(33(30-23)15-25(3,4)5)14-17-10-12-18(13-11-17)19-8-6-7-9-20(19)22-28-31-32-29-22/h6-13,16H,14-15H2,1-5H3,(H,26,34)(H,28,29,31,32). The van der Waals surface area contributed by atoms with Crippen molar-refractivity contribution in [3.05, 3.63) is 65.7 Å². The summed E-state index contributed by atoms with van der Waals surface area (Å²) in [6, 6.07) is 16.3. The van der Waals surface area contributed by atoms with Crippen LogP contribution in [-0.2, 0) is 13.0 Å². The van der Waals surface area contributed by atoms with Crippen LogP contribution < -0.4 is 5.32 Å². The van der Waals surface area contributed by atoms with Crippen molar-refractivity contribution in [1.82, 2.24) is 40.7 Å². The van der Waals surface area contributed by atoms with Gasteiger partial charge in [-0.05, 0) is 41.2 Å². The molecule has 4 rings (SSSR count). The minimum Gasteiger partial charge on any atom is -0.347 e. The summed E-state index contributed by atoms with van der Waals surface area (Å²) >= 11 is 0. The fraction of sp³-hybridized carbons (Fsp3) is 0.360. The summed E-state index contributed by atoms with van der Waals surface area (Å²) in [5, 5.41) is 21.8. The van der Waals surface area contributed by atoms with Gasteiger partial charge in [0.05, 0.1) is 0 Å². The summed E-state index contributed by atoms with van der Waals surface area (Å²) < 4.78 is 1.86. The van der Waals surface area contributed by atoms with Crippen LogP contribution in [0.5, 0.6) is 0 Å². The average molecular weight is 459 g/mol. The van der Waals surface area contributed by atoms with Crippen LogP contribution >= 0.6 is 0 Å². The Morgan fingerprint density at radius 3 is 2.38 bits per heavy atom. The van der Waals surface area contributed by atoms with Crippen molar-refractivity contribution in [2.45, 2.75) is 53.6 Å². The Bertz CT molecular complexity index is 1250. The van der Waals surface area contributed by atoms with Crippen molar-refractivity contribution in [2.24, 2.45) is 5.41 Å². The number of hydrogen-bond donors (Lipinski definition) is 2. The number of hydrogen-bond acceptors (Lipinski definition) is 6. The predicted octanol–water partition coefficient (Wildman–Crippen LogP) is 3.90. The number of nitrogens with one attached hydrogen (secondary N) is 2. The lowest BCUT2D eigenvalue weighted by Gasteiger charge is -2.19. The molecule has 4 aromatic rings. The van der Waals surface area contributed by atoms with Crippen LogP contribution in [0.3, 0.4) is 0 Å². The number of carbonyl (C=O) groups excluding carboxylic acids is 1. The third kappa shape index (κ3) is 5.54. The minimum absolute atomic E-state index is 0.00301. The Morgan fingerprint density at radius 2 is 1.76 bits per heavy atom. The summed E-state index contributed by atoms with van der Waals surface area (Å²) in [5.74, 6) is 1.28. The van der Waals surface area contributed by atoms with Crippen molar-refractivity contribution in [3.8, 4) is 22.5 Å². The van der Waals surface area contributed by atoms with Crippen molar-refractivity contribution < 1.29 is 4.79 Å². The molecule has 0 fully saturated rings. The van der Waals surface area contributed by atoms with E-state index in [1.165, 1.54) is 0 Å². The first-order valence-corrected chi connectivity index (χ1v) is 11.4. The van der Waals surface area contributed by atoms with Crippen molar-refractivity contribution in [3.63, 3.8) is 0 Å². The monoisotopic (exact) mass is 458 g/mol. The van der Waals surface area contributed by atoms with Crippen LogP contribution in [0.25, 0.3) is 22.5 Å². The van der Waals surface area contributed by atoms with Gasteiger partial charge >= 0.3 is 0 Å². The van der Waals surface area contributed by atoms with E-state index in [9.17, 15) is 4.79 Å². The average Bonchev–Trinajstić information content (AvgIpc) is 3.44. The number of H-pyrrole nitrogens is 1. The number of carbonyl (C=O) groups is 1. The lowest BCUT2D eigenvalue weighted by molar-refractivity contribution is 0.0931. The van der Waals surface area contributed by atoms with Crippen LogP contribution in [-0.4, -0.2) is 47.3 Å². The third-order valence-electron chi connectivity index (χ3n) is 5.14. The van der Waals surface area contributed by atoms with Gasteiger partial charge in [0, 0.05) is 24.6 Å². The molecule has 0 aliphatic heterocycles. The second-order valence-electron chi connectivity index (χ2n) is 9.85. The maximum Gasteiger partial charge on any atom is 0.291 e. The lowest BCUT2D eigenvalue weighted by Crippen LogP contribution is -2.31. The molecule has 0 atom stereocenters. The number of tetrazole rings is 1. The molecule has 2 aromatic heterocycles. The smallest absolute Gasteiger partial charge is 0.291 e. The van der Waals surface area contributed by atoms with E-state index in [-0.39, 0.29) is 23.2 Å². The van der Waals surface area contributed by atoms with E-state index in [0.29, 0.717) is 18.8 Å². The quantitative estimate of drug-likeness (QED) is 0.434. The number of amides is 1. The van der Waals surface area contributed by atoms with Gasteiger partial charge in [-0.3, -0.25) is 4.79 Å². The Balaban J connectivity index is 1.60. The Labute approximate surface area is 199 Å². The highest BCUT2D eigenvalue weighted by molar-refractivity contribution is 5.90. The van der Waals surface area contributed by atoms with E-state index in [2.05, 4.69) is 81.1 Å². The van der Waals surface area contributed by atoms with Gasteiger partial charge < -0.3 is 5.32 Å². The molecule has 2 N–H and O–H groups in total. The van der Waals surface area contributed by atoms with Gasteiger partial charge in [-0.2, -0.15) is 5.21 Å².